The lowest BCUT2D eigenvalue weighted by Crippen LogP contribution is -2.61. The second-order valence-electron chi connectivity index (χ2n) is 9.92. The minimum atomic E-state index is -4.45. The Kier molecular flexibility index (Phi) is 6.94. The Balaban J connectivity index is 1.42. The number of halogens is 4. The zero-order valence-corrected chi connectivity index (χ0v) is 20.5. The number of alkyl halides is 3. The summed E-state index contributed by atoms with van der Waals surface area (Å²) in [6.45, 7) is 4.37. The molecule has 37 heavy (non-hydrogen) atoms. The van der Waals surface area contributed by atoms with Crippen LogP contribution in [0.5, 0.6) is 0 Å². The molecule has 1 N–H and O–H groups in total. The Labute approximate surface area is 213 Å². The van der Waals surface area contributed by atoms with Crippen molar-refractivity contribution >= 4 is 11.6 Å². The summed E-state index contributed by atoms with van der Waals surface area (Å²) in [5.41, 5.74) is 2.55. The van der Waals surface area contributed by atoms with Gasteiger partial charge in [0.1, 0.15) is 5.82 Å². The third kappa shape index (κ3) is 5.49. The first-order chi connectivity index (χ1) is 17.7. The molecule has 3 aromatic rings. The van der Waals surface area contributed by atoms with Crippen molar-refractivity contribution in [3.63, 3.8) is 0 Å². The molecular weight excluding hydrogens is 482 g/mol. The van der Waals surface area contributed by atoms with E-state index in [1.165, 1.54) is 18.2 Å². The Morgan fingerprint density at radius 2 is 1.76 bits per heavy atom. The fourth-order valence-corrected chi connectivity index (χ4v) is 5.50. The first kappa shape index (κ1) is 25.3. The van der Waals surface area contributed by atoms with Gasteiger partial charge < -0.3 is 10.2 Å². The van der Waals surface area contributed by atoms with Gasteiger partial charge in [-0.15, -0.1) is 0 Å². The van der Waals surface area contributed by atoms with Gasteiger partial charge in [-0.25, -0.2) is 4.39 Å². The van der Waals surface area contributed by atoms with Gasteiger partial charge in [0.15, 0.2) is 0 Å². The van der Waals surface area contributed by atoms with Crippen LogP contribution in [0.15, 0.2) is 72.8 Å². The van der Waals surface area contributed by atoms with Crippen LogP contribution in [0.25, 0.3) is 0 Å². The normalized spacial score (nSPS) is 20.6. The summed E-state index contributed by atoms with van der Waals surface area (Å²) < 4.78 is 53.8. The molecule has 194 valence electrons. The summed E-state index contributed by atoms with van der Waals surface area (Å²) in [6, 6.07) is 19.4. The average molecular weight is 512 g/mol. The molecule has 2 aliphatic rings. The number of fused-ring (bicyclic) bond motifs is 3. The zero-order chi connectivity index (χ0) is 26.2. The number of piperazine rings is 1. The number of carbonyl (C=O) groups is 1. The first-order valence-electron chi connectivity index (χ1n) is 12.5. The number of hydrogen-bond donors (Lipinski definition) is 1. The number of hydrogen-bond acceptors (Lipinski definition) is 3. The fourth-order valence-electron chi connectivity index (χ4n) is 5.50. The molecule has 0 saturated carbocycles. The summed E-state index contributed by atoms with van der Waals surface area (Å²) in [4.78, 5) is 17.9. The molecule has 1 saturated heterocycles. The van der Waals surface area contributed by atoms with Gasteiger partial charge in [0.25, 0.3) is 0 Å². The lowest BCUT2D eigenvalue weighted by molar-refractivity contribution is -0.137. The van der Waals surface area contributed by atoms with E-state index in [1.54, 1.807) is 18.2 Å². The van der Waals surface area contributed by atoms with Crippen molar-refractivity contribution in [1.82, 2.24) is 10.2 Å². The highest BCUT2D eigenvalue weighted by Gasteiger charge is 2.43. The topological polar surface area (TPSA) is 35.6 Å². The van der Waals surface area contributed by atoms with E-state index < -0.39 is 17.7 Å². The molecule has 0 aromatic heterocycles. The van der Waals surface area contributed by atoms with Gasteiger partial charge in [0.2, 0.25) is 5.91 Å². The first-order valence-corrected chi connectivity index (χ1v) is 12.5. The third-order valence-corrected chi connectivity index (χ3v) is 7.44. The largest absolute Gasteiger partial charge is 0.416 e. The molecule has 0 aliphatic carbocycles. The summed E-state index contributed by atoms with van der Waals surface area (Å²) >= 11 is 0. The van der Waals surface area contributed by atoms with Crippen LogP contribution in [0, 0.1) is 11.7 Å². The standard InChI is InChI=1S/C29H29F4N3O/c1-19(21-5-3-2-4-6-21)34-28(37)25-16-22-15-23(29(31,32)33)9-12-26(22)36-14-13-35(18-27(25)36)17-20-7-10-24(30)11-8-20/h2-12,15,19,25,27H,13-14,16-18H2,1H3,(H,34,37). The van der Waals surface area contributed by atoms with E-state index in [0.29, 0.717) is 31.7 Å². The van der Waals surface area contributed by atoms with Gasteiger partial charge in [-0.3, -0.25) is 9.69 Å². The Bertz CT molecular complexity index is 1250. The number of benzene rings is 3. The maximum absolute atomic E-state index is 13.6. The summed E-state index contributed by atoms with van der Waals surface area (Å²) in [7, 11) is 0. The van der Waals surface area contributed by atoms with Gasteiger partial charge in [-0.1, -0.05) is 42.5 Å². The molecule has 0 bridgehead atoms. The number of nitrogens with one attached hydrogen (secondary N) is 1. The van der Waals surface area contributed by atoms with E-state index >= 15 is 0 Å². The van der Waals surface area contributed by atoms with Crippen LogP contribution in [0.2, 0.25) is 0 Å². The molecule has 8 heteroatoms. The minimum absolute atomic E-state index is 0.168. The van der Waals surface area contributed by atoms with Gasteiger partial charge in [-0.05, 0) is 60.4 Å². The molecule has 3 atom stereocenters. The third-order valence-electron chi connectivity index (χ3n) is 7.44. The molecule has 5 rings (SSSR count). The average Bonchev–Trinajstić information content (AvgIpc) is 2.89. The highest BCUT2D eigenvalue weighted by molar-refractivity contribution is 5.82. The molecule has 3 unspecified atom stereocenters. The second kappa shape index (κ2) is 10.2. The number of anilines is 1. The summed E-state index contributed by atoms with van der Waals surface area (Å²) in [5.74, 6) is -0.976. The molecular formula is C29H29F4N3O. The van der Waals surface area contributed by atoms with Gasteiger partial charge in [-0.2, -0.15) is 13.2 Å². The van der Waals surface area contributed by atoms with E-state index in [9.17, 15) is 22.4 Å². The van der Waals surface area contributed by atoms with E-state index in [0.717, 1.165) is 22.9 Å². The molecule has 1 fully saturated rings. The molecule has 0 spiro atoms. The highest BCUT2D eigenvalue weighted by Crippen LogP contribution is 2.40. The van der Waals surface area contributed by atoms with Crippen molar-refractivity contribution in [3.8, 4) is 0 Å². The van der Waals surface area contributed by atoms with E-state index in [-0.39, 0.29) is 30.2 Å². The van der Waals surface area contributed by atoms with Crippen molar-refractivity contribution in [3.05, 3.63) is 101 Å². The molecule has 2 aliphatic heterocycles. The van der Waals surface area contributed by atoms with Crippen LogP contribution in [0.1, 0.15) is 35.2 Å². The predicted molar refractivity (Wildman–Crippen MR) is 134 cm³/mol. The number of nitrogens with zero attached hydrogens (tertiary/aromatic N) is 2. The van der Waals surface area contributed by atoms with Crippen molar-refractivity contribution in [2.45, 2.75) is 38.1 Å². The van der Waals surface area contributed by atoms with E-state index in [1.807, 2.05) is 37.3 Å². The predicted octanol–water partition coefficient (Wildman–Crippen LogP) is 5.59. The maximum atomic E-state index is 13.6. The van der Waals surface area contributed by atoms with E-state index in [2.05, 4.69) is 15.1 Å². The van der Waals surface area contributed by atoms with Gasteiger partial charge >= 0.3 is 6.18 Å². The molecule has 2 heterocycles. The number of carbonyl (C=O) groups excluding carboxylic acids is 1. The van der Waals surface area contributed by atoms with Crippen molar-refractivity contribution in [2.75, 3.05) is 24.5 Å². The van der Waals surface area contributed by atoms with E-state index in [4.69, 9.17) is 0 Å². The molecule has 4 nitrogen and oxygen atoms in total. The van der Waals surface area contributed by atoms with Gasteiger partial charge in [0.05, 0.1) is 23.6 Å². The Hall–Kier alpha value is -3.39. The van der Waals surface area contributed by atoms with Crippen LogP contribution in [-0.2, 0) is 23.9 Å². The lowest BCUT2D eigenvalue weighted by atomic mass is 9.82. The SMILES string of the molecule is CC(NC(=O)C1Cc2cc(C(F)(F)F)ccc2N2CCN(Cc3ccc(F)cc3)CC12)c1ccccc1. The quantitative estimate of drug-likeness (QED) is 0.454. The number of rotatable bonds is 5. The lowest BCUT2D eigenvalue weighted by Gasteiger charge is -2.49. The number of amides is 1. The maximum Gasteiger partial charge on any atom is 0.416 e. The molecule has 1 amide bonds. The smallest absolute Gasteiger partial charge is 0.365 e. The van der Waals surface area contributed by atoms with Crippen molar-refractivity contribution < 1.29 is 22.4 Å². The van der Waals surface area contributed by atoms with Crippen molar-refractivity contribution in [2.24, 2.45) is 5.92 Å². The minimum Gasteiger partial charge on any atom is -0.365 e. The van der Waals surface area contributed by atoms with Crippen LogP contribution < -0.4 is 10.2 Å². The van der Waals surface area contributed by atoms with Crippen molar-refractivity contribution in [1.29, 1.82) is 0 Å². The Morgan fingerprint density at radius 3 is 2.46 bits per heavy atom. The molecule has 3 aromatic carbocycles. The Morgan fingerprint density at radius 1 is 1.03 bits per heavy atom. The molecule has 0 radical (unpaired) electrons. The zero-order valence-electron chi connectivity index (χ0n) is 20.5. The van der Waals surface area contributed by atoms with Crippen LogP contribution in [-0.4, -0.2) is 36.5 Å². The summed E-state index contributed by atoms with van der Waals surface area (Å²) in [6.07, 6.45) is -4.21. The fraction of sp³-hybridized carbons (Fsp3) is 0.345. The van der Waals surface area contributed by atoms with Gasteiger partial charge in [0, 0.05) is 31.9 Å². The summed E-state index contributed by atoms with van der Waals surface area (Å²) in [5, 5.41) is 3.10. The highest BCUT2D eigenvalue weighted by atomic mass is 19.4. The van der Waals surface area contributed by atoms with Crippen LogP contribution in [0.3, 0.4) is 0 Å². The van der Waals surface area contributed by atoms with Crippen LogP contribution >= 0.6 is 0 Å². The van der Waals surface area contributed by atoms with Crippen LogP contribution in [0.4, 0.5) is 23.2 Å². The second-order valence-corrected chi connectivity index (χ2v) is 9.92. The monoisotopic (exact) mass is 511 g/mol.